The SMILES string of the molecule is CC.Sc1cn2c(n1)C(C1CC1)OCC2. The van der Waals surface area contributed by atoms with Crippen molar-refractivity contribution in [2.24, 2.45) is 5.92 Å². The van der Waals surface area contributed by atoms with Crippen LogP contribution in [0.15, 0.2) is 11.2 Å². The second-order valence-electron chi connectivity index (χ2n) is 3.78. The predicted octanol–water partition coefficient (Wildman–Crippen LogP) is 2.68. The summed E-state index contributed by atoms with van der Waals surface area (Å²) in [5, 5.41) is 0.811. The number of hydrogen-bond donors (Lipinski definition) is 1. The van der Waals surface area contributed by atoms with Crippen molar-refractivity contribution in [1.82, 2.24) is 9.55 Å². The molecule has 0 N–H and O–H groups in total. The molecule has 2 heterocycles. The highest BCUT2D eigenvalue weighted by Gasteiger charge is 2.37. The van der Waals surface area contributed by atoms with Crippen molar-refractivity contribution in [2.75, 3.05) is 6.61 Å². The number of rotatable bonds is 1. The molecule has 0 spiro atoms. The summed E-state index contributed by atoms with van der Waals surface area (Å²) in [5.74, 6) is 1.80. The van der Waals surface area contributed by atoms with E-state index in [2.05, 4.69) is 22.2 Å². The lowest BCUT2D eigenvalue weighted by atomic mass is 10.2. The predicted molar refractivity (Wildman–Crippen MR) is 62.2 cm³/mol. The first-order chi connectivity index (χ1) is 7.34. The Hall–Kier alpha value is -0.480. The van der Waals surface area contributed by atoms with Gasteiger partial charge in [-0.25, -0.2) is 4.98 Å². The van der Waals surface area contributed by atoms with E-state index in [0.29, 0.717) is 5.92 Å². The molecule has 0 bridgehead atoms. The summed E-state index contributed by atoms with van der Waals surface area (Å²) in [4.78, 5) is 4.40. The molecule has 1 aliphatic heterocycles. The van der Waals surface area contributed by atoms with Gasteiger partial charge < -0.3 is 9.30 Å². The molecule has 1 fully saturated rings. The summed E-state index contributed by atoms with van der Waals surface area (Å²) in [7, 11) is 0. The minimum Gasteiger partial charge on any atom is -0.368 e. The molecule has 0 saturated heterocycles. The van der Waals surface area contributed by atoms with E-state index in [1.807, 2.05) is 20.0 Å². The van der Waals surface area contributed by atoms with Gasteiger partial charge >= 0.3 is 0 Å². The number of imidazole rings is 1. The quantitative estimate of drug-likeness (QED) is 0.745. The van der Waals surface area contributed by atoms with E-state index in [-0.39, 0.29) is 6.10 Å². The number of thiol groups is 1. The highest BCUT2D eigenvalue weighted by molar-refractivity contribution is 7.80. The number of nitrogens with zero attached hydrogens (tertiary/aromatic N) is 2. The van der Waals surface area contributed by atoms with Gasteiger partial charge in [0.05, 0.1) is 6.61 Å². The van der Waals surface area contributed by atoms with E-state index in [0.717, 1.165) is 24.0 Å². The lowest BCUT2D eigenvalue weighted by molar-refractivity contribution is 0.00283. The molecule has 1 saturated carbocycles. The van der Waals surface area contributed by atoms with Crippen LogP contribution in [0.1, 0.15) is 38.6 Å². The second-order valence-corrected chi connectivity index (χ2v) is 4.24. The first kappa shape index (κ1) is 11.0. The lowest BCUT2D eigenvalue weighted by Gasteiger charge is -2.23. The van der Waals surface area contributed by atoms with E-state index in [1.54, 1.807) is 0 Å². The van der Waals surface area contributed by atoms with E-state index < -0.39 is 0 Å². The van der Waals surface area contributed by atoms with Crippen molar-refractivity contribution in [3.8, 4) is 0 Å². The van der Waals surface area contributed by atoms with E-state index >= 15 is 0 Å². The van der Waals surface area contributed by atoms with Crippen molar-refractivity contribution in [3.63, 3.8) is 0 Å². The van der Waals surface area contributed by atoms with Gasteiger partial charge in [0.2, 0.25) is 0 Å². The summed E-state index contributed by atoms with van der Waals surface area (Å²) in [6, 6.07) is 0. The maximum atomic E-state index is 5.72. The van der Waals surface area contributed by atoms with Gasteiger partial charge in [-0.2, -0.15) is 0 Å². The Morgan fingerprint density at radius 1 is 1.47 bits per heavy atom. The van der Waals surface area contributed by atoms with Crippen molar-refractivity contribution < 1.29 is 4.74 Å². The van der Waals surface area contributed by atoms with Gasteiger partial charge in [-0.05, 0) is 18.8 Å². The zero-order valence-corrected chi connectivity index (χ0v) is 10.2. The summed E-state index contributed by atoms with van der Waals surface area (Å²) in [6.45, 7) is 5.74. The molecule has 3 rings (SSSR count). The molecule has 0 aromatic carbocycles. The second kappa shape index (κ2) is 4.58. The first-order valence-corrected chi connectivity index (χ1v) is 6.17. The van der Waals surface area contributed by atoms with Gasteiger partial charge in [-0.15, -0.1) is 12.6 Å². The molecular formula is C11H18N2OS. The standard InChI is InChI=1S/C9H12N2OS.C2H6/c13-7-5-11-3-4-12-8(6-1-2-6)9(11)10-7;1-2/h5-6,8,13H,1-4H2;1-2H3. The van der Waals surface area contributed by atoms with Crippen LogP contribution >= 0.6 is 12.6 Å². The fourth-order valence-electron chi connectivity index (χ4n) is 1.92. The third kappa shape index (κ3) is 2.21. The number of fused-ring (bicyclic) bond motifs is 1. The van der Waals surface area contributed by atoms with Gasteiger partial charge in [-0.1, -0.05) is 13.8 Å². The molecular weight excluding hydrogens is 208 g/mol. The van der Waals surface area contributed by atoms with E-state index in [9.17, 15) is 0 Å². The average molecular weight is 226 g/mol. The monoisotopic (exact) mass is 226 g/mol. The van der Waals surface area contributed by atoms with E-state index in [1.165, 1.54) is 12.8 Å². The van der Waals surface area contributed by atoms with Crippen molar-refractivity contribution >= 4 is 12.6 Å². The Kier molecular flexibility index (Phi) is 3.36. The van der Waals surface area contributed by atoms with Gasteiger partial charge in [0.15, 0.2) is 0 Å². The van der Waals surface area contributed by atoms with Crippen molar-refractivity contribution in [2.45, 2.75) is 44.4 Å². The molecule has 15 heavy (non-hydrogen) atoms. The maximum absolute atomic E-state index is 5.72. The Balaban J connectivity index is 0.000000404. The molecule has 0 radical (unpaired) electrons. The first-order valence-electron chi connectivity index (χ1n) is 5.72. The topological polar surface area (TPSA) is 27.1 Å². The molecule has 0 amide bonds. The van der Waals surface area contributed by atoms with Crippen LogP contribution < -0.4 is 0 Å². The zero-order valence-electron chi connectivity index (χ0n) is 9.31. The highest BCUT2D eigenvalue weighted by atomic mass is 32.1. The molecule has 4 heteroatoms. The van der Waals surface area contributed by atoms with Crippen LogP contribution in [-0.2, 0) is 11.3 Å². The Bertz CT molecular complexity index is 333. The van der Waals surface area contributed by atoms with Crippen LogP contribution in [0.3, 0.4) is 0 Å². The highest BCUT2D eigenvalue weighted by Crippen LogP contribution is 2.44. The fourth-order valence-corrected chi connectivity index (χ4v) is 2.16. The maximum Gasteiger partial charge on any atom is 0.139 e. The molecule has 2 aliphatic rings. The molecule has 1 aromatic heterocycles. The molecule has 1 atom stereocenters. The van der Waals surface area contributed by atoms with Crippen molar-refractivity contribution in [3.05, 3.63) is 12.0 Å². The number of hydrogen-bond acceptors (Lipinski definition) is 3. The molecule has 1 aromatic rings. The van der Waals surface area contributed by atoms with Gasteiger partial charge in [-0.3, -0.25) is 0 Å². The van der Waals surface area contributed by atoms with Crippen molar-refractivity contribution in [1.29, 1.82) is 0 Å². The van der Waals surface area contributed by atoms with Crippen LogP contribution in [0.5, 0.6) is 0 Å². The Morgan fingerprint density at radius 2 is 2.20 bits per heavy atom. The summed E-state index contributed by atoms with van der Waals surface area (Å²) in [6.07, 6.45) is 4.82. The van der Waals surface area contributed by atoms with E-state index in [4.69, 9.17) is 4.74 Å². The summed E-state index contributed by atoms with van der Waals surface area (Å²) >= 11 is 4.25. The normalized spacial score (nSPS) is 24.1. The molecule has 84 valence electrons. The third-order valence-corrected chi connectivity index (χ3v) is 2.94. The largest absolute Gasteiger partial charge is 0.368 e. The lowest BCUT2D eigenvalue weighted by Crippen LogP contribution is -2.22. The Labute approximate surface area is 96.3 Å². The van der Waals surface area contributed by atoms with Crippen LogP contribution in [0, 0.1) is 5.92 Å². The molecule has 3 nitrogen and oxygen atoms in total. The number of aromatic nitrogens is 2. The summed E-state index contributed by atoms with van der Waals surface area (Å²) < 4.78 is 7.90. The summed E-state index contributed by atoms with van der Waals surface area (Å²) in [5.41, 5.74) is 0. The van der Waals surface area contributed by atoms with Gasteiger partial charge in [0.25, 0.3) is 0 Å². The zero-order chi connectivity index (χ0) is 10.8. The smallest absolute Gasteiger partial charge is 0.139 e. The van der Waals surface area contributed by atoms with Crippen LogP contribution in [0.2, 0.25) is 0 Å². The number of ether oxygens (including phenoxy) is 1. The molecule has 1 aliphatic carbocycles. The average Bonchev–Trinajstić information content (AvgIpc) is 3.02. The molecule has 1 unspecified atom stereocenters. The minimum atomic E-state index is 0.245. The van der Waals surface area contributed by atoms with Gasteiger partial charge in [0, 0.05) is 12.7 Å². The van der Waals surface area contributed by atoms with Crippen LogP contribution in [0.4, 0.5) is 0 Å². The van der Waals surface area contributed by atoms with Gasteiger partial charge in [0.1, 0.15) is 17.0 Å². The van der Waals surface area contributed by atoms with Crippen LogP contribution in [-0.4, -0.2) is 16.2 Å². The fraction of sp³-hybridized carbons (Fsp3) is 0.727. The Morgan fingerprint density at radius 3 is 2.87 bits per heavy atom. The minimum absolute atomic E-state index is 0.245. The third-order valence-electron chi connectivity index (χ3n) is 2.73. The van der Waals surface area contributed by atoms with Crippen LogP contribution in [0.25, 0.3) is 0 Å².